The Morgan fingerprint density at radius 2 is 1.17 bits per heavy atom. The van der Waals surface area contributed by atoms with Gasteiger partial charge in [0, 0.05) is 29.3 Å². The third kappa shape index (κ3) is 7.61. The molecule has 8 rings (SSSR count). The van der Waals surface area contributed by atoms with Gasteiger partial charge in [-0.25, -0.2) is 0 Å². The minimum atomic E-state index is -2.58. The normalized spacial score (nSPS) is 38.8. The van der Waals surface area contributed by atoms with Crippen LogP contribution in [0.4, 0.5) is 0 Å². The Bertz CT molecular complexity index is 1450. The van der Waals surface area contributed by atoms with Gasteiger partial charge in [-0.05, 0) is 48.6 Å². The van der Waals surface area contributed by atoms with Crippen LogP contribution < -0.4 is 0 Å². The first-order valence-electron chi connectivity index (χ1n) is 20.2. The van der Waals surface area contributed by atoms with Gasteiger partial charge in [-0.2, -0.15) is 0 Å². The van der Waals surface area contributed by atoms with Crippen LogP contribution in [-0.2, 0) is 50.5 Å². The Morgan fingerprint density at radius 1 is 0.577 bits per heavy atom. The zero-order valence-electron chi connectivity index (χ0n) is 32.2. The van der Waals surface area contributed by atoms with Gasteiger partial charge in [0.05, 0.1) is 75.3 Å². The third-order valence-corrected chi connectivity index (χ3v) is 18.1. The summed E-state index contributed by atoms with van der Waals surface area (Å²) >= 11 is 0. The van der Waals surface area contributed by atoms with Crippen molar-refractivity contribution in [3.8, 4) is 0 Å². The van der Waals surface area contributed by atoms with Crippen LogP contribution in [0, 0.1) is 11.8 Å². The van der Waals surface area contributed by atoms with E-state index in [9.17, 15) is 0 Å². The number of benzene rings is 2. The lowest BCUT2D eigenvalue weighted by molar-refractivity contribution is -0.266. The predicted molar refractivity (Wildman–Crippen MR) is 201 cm³/mol. The molecule has 12 atom stereocenters. The molecular formula is C43H62O8Si. The van der Waals surface area contributed by atoms with Gasteiger partial charge in [-0.3, -0.25) is 0 Å². The highest BCUT2D eigenvalue weighted by molar-refractivity contribution is 6.73. The van der Waals surface area contributed by atoms with Crippen LogP contribution in [0.1, 0.15) is 97.6 Å². The highest BCUT2D eigenvalue weighted by Crippen LogP contribution is 2.56. The molecule has 0 unspecified atom stereocenters. The first-order chi connectivity index (χ1) is 25.0. The number of hydrogen-bond acceptors (Lipinski definition) is 8. The first-order valence-corrected chi connectivity index (χ1v) is 22.0. The lowest BCUT2D eigenvalue weighted by atomic mass is 9.71. The zero-order valence-corrected chi connectivity index (χ0v) is 33.2. The van der Waals surface area contributed by atoms with Crippen LogP contribution in [0.2, 0.25) is 10.1 Å². The van der Waals surface area contributed by atoms with Crippen LogP contribution in [-0.4, -0.2) is 82.8 Å². The molecule has 5 heterocycles. The van der Waals surface area contributed by atoms with E-state index in [0.29, 0.717) is 38.3 Å². The van der Waals surface area contributed by atoms with Gasteiger partial charge in [0.15, 0.2) is 0 Å². The van der Waals surface area contributed by atoms with Crippen molar-refractivity contribution >= 4 is 8.56 Å². The maximum Gasteiger partial charge on any atom is 0.349 e. The van der Waals surface area contributed by atoms with Gasteiger partial charge in [0.2, 0.25) is 0 Å². The molecule has 0 aromatic heterocycles. The molecule has 0 bridgehead atoms. The van der Waals surface area contributed by atoms with Crippen LogP contribution >= 0.6 is 0 Å². The molecule has 0 amide bonds. The molecule has 5 saturated heterocycles. The molecule has 286 valence electrons. The summed E-state index contributed by atoms with van der Waals surface area (Å²) in [4.78, 5) is 0. The van der Waals surface area contributed by atoms with Crippen LogP contribution in [0.15, 0.2) is 60.7 Å². The van der Waals surface area contributed by atoms with Crippen molar-refractivity contribution in [3.05, 3.63) is 71.8 Å². The second-order valence-electron chi connectivity index (χ2n) is 18.5. The van der Waals surface area contributed by atoms with Crippen molar-refractivity contribution in [3.63, 3.8) is 0 Å². The summed E-state index contributed by atoms with van der Waals surface area (Å²) in [5, 5.41) is -0.110. The fraction of sp³-hybridized carbons (Fsp3) is 0.721. The van der Waals surface area contributed by atoms with E-state index in [1.807, 2.05) is 12.1 Å². The summed E-state index contributed by atoms with van der Waals surface area (Å²) in [6.45, 7) is 15.9. The minimum absolute atomic E-state index is 0.00441. The average Bonchev–Trinajstić information content (AvgIpc) is 3.29. The van der Waals surface area contributed by atoms with Gasteiger partial charge in [-0.15, -0.1) is 0 Å². The smallest absolute Gasteiger partial charge is 0.349 e. The lowest BCUT2D eigenvalue weighted by Gasteiger charge is -2.56. The van der Waals surface area contributed by atoms with E-state index < -0.39 is 8.56 Å². The summed E-state index contributed by atoms with van der Waals surface area (Å²) in [6.07, 6.45) is 7.16. The average molecular weight is 735 g/mol. The summed E-state index contributed by atoms with van der Waals surface area (Å²) < 4.78 is 54.6. The Balaban J connectivity index is 0.922. The highest BCUT2D eigenvalue weighted by atomic mass is 28.4. The maximum atomic E-state index is 7.14. The molecule has 5 aliphatic heterocycles. The SMILES string of the molecule is CC(C)(C)[Si]1(C(C)(C)C)OC[C@@H]2O[C@@H]3CC[C@@H]4C[C@@H]5C[C@@H]6O[C@H](COCc7ccccc7)[C@@H](OCc7ccccc7)C[C@H]6O[C@H]5C[C@H]4O[C@H]3C[C@H]2O1. The fourth-order valence-corrected chi connectivity index (χ4v) is 15.5. The Morgan fingerprint density at radius 3 is 1.87 bits per heavy atom. The molecular weight excluding hydrogens is 673 g/mol. The molecule has 52 heavy (non-hydrogen) atoms. The summed E-state index contributed by atoms with van der Waals surface area (Å²) in [5.41, 5.74) is 2.33. The lowest BCUT2D eigenvalue weighted by Crippen LogP contribution is -2.67. The molecule has 0 radical (unpaired) electrons. The van der Waals surface area contributed by atoms with E-state index in [2.05, 4.69) is 90.1 Å². The second-order valence-corrected chi connectivity index (χ2v) is 23.3. The molecule has 2 aromatic carbocycles. The molecule has 6 aliphatic rings. The van der Waals surface area contributed by atoms with Crippen LogP contribution in [0.5, 0.6) is 0 Å². The highest BCUT2D eigenvalue weighted by Gasteiger charge is 2.63. The summed E-state index contributed by atoms with van der Waals surface area (Å²) in [5.74, 6) is 0.965. The van der Waals surface area contributed by atoms with E-state index >= 15 is 0 Å². The van der Waals surface area contributed by atoms with Crippen molar-refractivity contribution in [1.82, 2.24) is 0 Å². The zero-order chi connectivity index (χ0) is 36.1. The van der Waals surface area contributed by atoms with E-state index in [4.69, 9.17) is 37.3 Å². The molecule has 1 saturated carbocycles. The molecule has 1 aliphatic carbocycles. The van der Waals surface area contributed by atoms with E-state index in [-0.39, 0.29) is 71.1 Å². The molecule has 2 aromatic rings. The van der Waals surface area contributed by atoms with Gasteiger partial charge < -0.3 is 37.3 Å². The summed E-state index contributed by atoms with van der Waals surface area (Å²) in [6, 6.07) is 20.7. The van der Waals surface area contributed by atoms with Gasteiger partial charge in [0.1, 0.15) is 12.2 Å². The van der Waals surface area contributed by atoms with Gasteiger partial charge in [0.25, 0.3) is 0 Å². The number of ether oxygens (including phenoxy) is 6. The molecule has 0 N–H and O–H groups in total. The monoisotopic (exact) mass is 734 g/mol. The van der Waals surface area contributed by atoms with E-state index in [0.717, 1.165) is 50.5 Å². The topological polar surface area (TPSA) is 73.8 Å². The minimum Gasteiger partial charge on any atom is -0.391 e. The molecule has 0 spiro atoms. The number of rotatable bonds is 7. The maximum absolute atomic E-state index is 7.14. The standard InChI is InChI=1S/C43H62O8Si/c1-42(2,3)52(43(4,5)6)46-27-41-39(51-52)23-37-32(47-41)18-17-30-19-31-20-36-38(49-34(31)21-33(30)48-37)22-35(45-25-29-15-11-8-12-16-29)40(50-36)26-44-24-28-13-9-7-10-14-28/h7-16,30-41H,17-27H2,1-6H3/t30-,31-,32-,33-,34+,35+,36+,37+,38-,39-,40-,41+/m1/s1. The largest absolute Gasteiger partial charge is 0.391 e. The van der Waals surface area contributed by atoms with Crippen LogP contribution in [0.3, 0.4) is 0 Å². The molecule has 9 heteroatoms. The predicted octanol–water partition coefficient (Wildman–Crippen LogP) is 8.29. The molecule has 8 nitrogen and oxygen atoms in total. The quantitative estimate of drug-likeness (QED) is 0.263. The van der Waals surface area contributed by atoms with E-state index in [1.165, 1.54) is 5.56 Å². The number of hydrogen-bond donors (Lipinski definition) is 0. The Hall–Kier alpha value is -1.66. The van der Waals surface area contributed by atoms with Crippen molar-refractivity contribution < 1.29 is 37.3 Å². The van der Waals surface area contributed by atoms with Crippen molar-refractivity contribution in [2.45, 2.75) is 171 Å². The van der Waals surface area contributed by atoms with Crippen LogP contribution in [0.25, 0.3) is 0 Å². The van der Waals surface area contributed by atoms with Crippen molar-refractivity contribution in [2.24, 2.45) is 11.8 Å². The second kappa shape index (κ2) is 15.1. The van der Waals surface area contributed by atoms with E-state index in [1.54, 1.807) is 0 Å². The third-order valence-electron chi connectivity index (χ3n) is 12.9. The van der Waals surface area contributed by atoms with Crippen molar-refractivity contribution in [1.29, 1.82) is 0 Å². The Labute approximate surface area is 312 Å². The van der Waals surface area contributed by atoms with Gasteiger partial charge >= 0.3 is 8.56 Å². The first kappa shape index (κ1) is 37.3. The molecule has 6 fully saturated rings. The summed E-state index contributed by atoms with van der Waals surface area (Å²) in [7, 11) is -2.58. The number of fused-ring (bicyclic) bond motifs is 5. The Kier molecular flexibility index (Phi) is 10.8. The van der Waals surface area contributed by atoms with Crippen molar-refractivity contribution in [2.75, 3.05) is 13.2 Å². The van der Waals surface area contributed by atoms with Gasteiger partial charge in [-0.1, -0.05) is 102 Å². The fourth-order valence-electron chi connectivity index (χ4n) is 10.5.